The molecule has 30 heavy (non-hydrogen) atoms. The lowest BCUT2D eigenvalue weighted by Crippen LogP contribution is -2.12. The van der Waals surface area contributed by atoms with Crippen molar-refractivity contribution >= 4 is 33.5 Å². The van der Waals surface area contributed by atoms with Crippen molar-refractivity contribution in [3.63, 3.8) is 0 Å². The number of carbonyl (C=O) groups is 2. The second-order valence-electron chi connectivity index (χ2n) is 7.98. The van der Waals surface area contributed by atoms with Crippen molar-refractivity contribution in [2.24, 2.45) is 5.92 Å². The quantitative estimate of drug-likeness (QED) is 0.215. The fraction of sp³-hybridized carbons (Fsp3) is 0.231. The Morgan fingerprint density at radius 3 is 1.83 bits per heavy atom. The minimum absolute atomic E-state index is 0.309. The zero-order valence-electron chi connectivity index (χ0n) is 17.9. The van der Waals surface area contributed by atoms with Crippen LogP contribution in [-0.4, -0.2) is 11.9 Å². The summed E-state index contributed by atoms with van der Waals surface area (Å²) in [6, 6.07) is 13.3. The van der Waals surface area contributed by atoms with E-state index in [1.54, 1.807) is 13.8 Å². The topological polar surface area (TPSA) is 52.6 Å². The number of carbonyl (C=O) groups excluding carboxylic acids is 2. The number of hydrogen-bond donors (Lipinski definition) is 0. The van der Waals surface area contributed by atoms with E-state index >= 15 is 0 Å². The summed E-state index contributed by atoms with van der Waals surface area (Å²) in [5.74, 6) is 0.289. The van der Waals surface area contributed by atoms with Gasteiger partial charge in [-0.1, -0.05) is 69.5 Å². The van der Waals surface area contributed by atoms with Crippen LogP contribution in [0.25, 0.3) is 21.5 Å². The van der Waals surface area contributed by atoms with Crippen molar-refractivity contribution in [1.29, 1.82) is 0 Å². The molecule has 0 aliphatic carbocycles. The van der Waals surface area contributed by atoms with Gasteiger partial charge in [-0.05, 0) is 31.7 Å². The first-order valence-electron chi connectivity index (χ1n) is 9.92. The van der Waals surface area contributed by atoms with E-state index in [0.29, 0.717) is 44.7 Å². The highest BCUT2D eigenvalue weighted by Crippen LogP contribution is 2.45. The lowest BCUT2D eigenvalue weighted by atomic mass is 9.93. The molecule has 0 aliphatic heterocycles. The summed E-state index contributed by atoms with van der Waals surface area (Å²) in [5.41, 5.74) is 1.64. The van der Waals surface area contributed by atoms with Crippen LogP contribution in [0.15, 0.2) is 66.8 Å². The average molecular weight is 402 g/mol. The van der Waals surface area contributed by atoms with Gasteiger partial charge in [0, 0.05) is 32.7 Å². The van der Waals surface area contributed by atoms with Crippen molar-refractivity contribution < 1.29 is 19.1 Å². The summed E-state index contributed by atoms with van der Waals surface area (Å²) in [4.78, 5) is 24.9. The van der Waals surface area contributed by atoms with Gasteiger partial charge in [-0.15, -0.1) is 0 Å². The maximum absolute atomic E-state index is 12.5. The number of hydrogen-bond acceptors (Lipinski definition) is 4. The average Bonchev–Trinajstić information content (AvgIpc) is 2.69. The van der Waals surface area contributed by atoms with Crippen molar-refractivity contribution in [3.05, 3.63) is 72.3 Å². The van der Waals surface area contributed by atoms with Gasteiger partial charge in [0.05, 0.1) is 0 Å². The van der Waals surface area contributed by atoms with E-state index in [0.717, 1.165) is 17.4 Å². The van der Waals surface area contributed by atoms with E-state index in [9.17, 15) is 9.59 Å². The standard InChI is InChI=1S/C26H26O4/c1-15(2)14-18-10-9-13-21-22(18)24(30-26(28)17(5)6)20-12-8-7-11-19(20)23(21)29-25(27)16(3)4/h7-13,15H,3,5,14H2,1-2,4,6H3. The smallest absolute Gasteiger partial charge is 0.338 e. The molecule has 3 aromatic rings. The van der Waals surface area contributed by atoms with Gasteiger partial charge in [-0.2, -0.15) is 0 Å². The lowest BCUT2D eigenvalue weighted by molar-refractivity contribution is -0.130. The molecule has 0 atom stereocenters. The Morgan fingerprint density at radius 2 is 1.30 bits per heavy atom. The molecular weight excluding hydrogens is 376 g/mol. The third-order valence-electron chi connectivity index (χ3n) is 4.75. The first kappa shape index (κ1) is 21.3. The van der Waals surface area contributed by atoms with Crippen LogP contribution >= 0.6 is 0 Å². The first-order chi connectivity index (χ1) is 14.2. The molecule has 0 spiro atoms. The SMILES string of the molecule is C=C(C)C(=O)Oc1c2ccccc2c(OC(=O)C(=C)C)c2c(CC(C)C)cccc12. The van der Waals surface area contributed by atoms with Crippen LogP contribution in [0, 0.1) is 5.92 Å². The minimum atomic E-state index is -0.498. The summed E-state index contributed by atoms with van der Waals surface area (Å²) in [5, 5.41) is 2.86. The predicted molar refractivity (Wildman–Crippen MR) is 121 cm³/mol. The van der Waals surface area contributed by atoms with E-state index in [2.05, 4.69) is 27.0 Å². The fourth-order valence-electron chi connectivity index (χ4n) is 3.40. The van der Waals surface area contributed by atoms with E-state index in [1.807, 2.05) is 42.5 Å². The van der Waals surface area contributed by atoms with Gasteiger partial charge in [-0.25, -0.2) is 9.59 Å². The number of fused-ring (bicyclic) bond motifs is 2. The molecule has 0 aromatic heterocycles. The van der Waals surface area contributed by atoms with Crippen LogP contribution in [0.2, 0.25) is 0 Å². The molecular formula is C26H26O4. The Balaban J connectivity index is 2.44. The van der Waals surface area contributed by atoms with Gasteiger partial charge in [-0.3, -0.25) is 0 Å². The molecule has 4 heteroatoms. The van der Waals surface area contributed by atoms with Crippen molar-refractivity contribution in [3.8, 4) is 11.5 Å². The number of ether oxygens (including phenoxy) is 2. The van der Waals surface area contributed by atoms with Crippen LogP contribution in [0.5, 0.6) is 11.5 Å². The summed E-state index contributed by atoms with van der Waals surface area (Å²) >= 11 is 0. The second-order valence-corrected chi connectivity index (χ2v) is 7.98. The van der Waals surface area contributed by atoms with Crippen LogP contribution < -0.4 is 9.47 Å². The van der Waals surface area contributed by atoms with E-state index < -0.39 is 11.9 Å². The third kappa shape index (κ3) is 4.13. The Hall–Kier alpha value is -3.40. The summed E-state index contributed by atoms with van der Waals surface area (Å²) in [6.07, 6.45) is 0.779. The van der Waals surface area contributed by atoms with Crippen molar-refractivity contribution in [2.45, 2.75) is 34.1 Å². The first-order valence-corrected chi connectivity index (χ1v) is 9.92. The third-order valence-corrected chi connectivity index (χ3v) is 4.75. The van der Waals surface area contributed by atoms with Gasteiger partial charge in [0.2, 0.25) is 0 Å². The minimum Gasteiger partial charge on any atom is -0.422 e. The molecule has 0 amide bonds. The maximum atomic E-state index is 12.5. The molecule has 0 heterocycles. The van der Waals surface area contributed by atoms with Gasteiger partial charge < -0.3 is 9.47 Å². The van der Waals surface area contributed by atoms with E-state index in [1.165, 1.54) is 0 Å². The Kier molecular flexibility index (Phi) is 6.06. The summed E-state index contributed by atoms with van der Waals surface area (Å²) in [6.45, 7) is 14.9. The molecule has 0 N–H and O–H groups in total. The molecule has 0 saturated heterocycles. The number of benzene rings is 3. The van der Waals surface area contributed by atoms with Crippen LogP contribution in [0.1, 0.15) is 33.3 Å². The molecule has 154 valence electrons. The highest BCUT2D eigenvalue weighted by molar-refractivity contribution is 6.14. The maximum Gasteiger partial charge on any atom is 0.338 e. The summed E-state index contributed by atoms with van der Waals surface area (Å²) < 4.78 is 11.6. The Labute approximate surface area is 176 Å². The Bertz CT molecular complexity index is 1180. The van der Waals surface area contributed by atoms with Gasteiger partial charge in [0.1, 0.15) is 11.5 Å². The lowest BCUT2D eigenvalue weighted by Gasteiger charge is -2.19. The number of rotatable bonds is 6. The molecule has 0 unspecified atom stereocenters. The number of esters is 2. The largest absolute Gasteiger partial charge is 0.422 e. The molecule has 0 aliphatic rings. The molecule has 0 radical (unpaired) electrons. The molecule has 4 nitrogen and oxygen atoms in total. The Morgan fingerprint density at radius 1 is 0.800 bits per heavy atom. The van der Waals surface area contributed by atoms with E-state index in [-0.39, 0.29) is 0 Å². The fourth-order valence-corrected chi connectivity index (χ4v) is 3.40. The van der Waals surface area contributed by atoms with Crippen molar-refractivity contribution in [2.75, 3.05) is 0 Å². The van der Waals surface area contributed by atoms with Gasteiger partial charge >= 0.3 is 11.9 Å². The monoisotopic (exact) mass is 402 g/mol. The van der Waals surface area contributed by atoms with Crippen LogP contribution in [-0.2, 0) is 16.0 Å². The highest BCUT2D eigenvalue weighted by atomic mass is 16.5. The highest BCUT2D eigenvalue weighted by Gasteiger charge is 2.22. The van der Waals surface area contributed by atoms with Crippen LogP contribution in [0.3, 0.4) is 0 Å². The molecule has 3 aromatic carbocycles. The zero-order valence-corrected chi connectivity index (χ0v) is 17.9. The second kappa shape index (κ2) is 8.54. The normalized spacial score (nSPS) is 11.0. The van der Waals surface area contributed by atoms with Crippen molar-refractivity contribution in [1.82, 2.24) is 0 Å². The molecule has 0 fully saturated rings. The molecule has 0 bridgehead atoms. The van der Waals surface area contributed by atoms with Crippen LogP contribution in [0.4, 0.5) is 0 Å². The van der Waals surface area contributed by atoms with E-state index in [4.69, 9.17) is 9.47 Å². The summed E-state index contributed by atoms with van der Waals surface area (Å²) in [7, 11) is 0. The van der Waals surface area contributed by atoms with Gasteiger partial charge in [0.25, 0.3) is 0 Å². The molecule has 0 saturated carbocycles. The zero-order chi connectivity index (χ0) is 22.0. The predicted octanol–water partition coefficient (Wildman–Crippen LogP) is 6.15. The van der Waals surface area contributed by atoms with Gasteiger partial charge in [0.15, 0.2) is 0 Å². The molecule has 3 rings (SSSR count).